The van der Waals surface area contributed by atoms with Crippen LogP contribution in [-0.4, -0.2) is 19.9 Å². The summed E-state index contributed by atoms with van der Waals surface area (Å²) in [6.45, 7) is 5.64. The number of halogens is 1. The van der Waals surface area contributed by atoms with Crippen LogP contribution in [0.25, 0.3) is 5.82 Å². The normalized spacial score (nSPS) is 12.8. The highest BCUT2D eigenvalue weighted by Gasteiger charge is 2.12. The Morgan fingerprint density at radius 2 is 2.12 bits per heavy atom. The number of rotatable bonds is 2. The topological polar surface area (TPSA) is 50.9 Å². The van der Waals surface area contributed by atoms with Gasteiger partial charge in [0.25, 0.3) is 0 Å². The Morgan fingerprint density at radius 3 is 2.65 bits per heavy atom. The Hall–Kier alpha value is -1.20. The van der Waals surface area contributed by atoms with Gasteiger partial charge in [-0.2, -0.15) is 5.10 Å². The molecule has 2 rings (SSSR count). The van der Waals surface area contributed by atoms with E-state index in [9.17, 15) is 5.11 Å². The van der Waals surface area contributed by atoms with Crippen LogP contribution >= 0.6 is 15.9 Å². The zero-order valence-electron chi connectivity index (χ0n) is 9.98. The number of aromatic nitrogens is 3. The van der Waals surface area contributed by atoms with Crippen molar-refractivity contribution in [2.24, 2.45) is 0 Å². The van der Waals surface area contributed by atoms with Crippen LogP contribution in [0.2, 0.25) is 0 Å². The maximum Gasteiger partial charge on any atom is 0.153 e. The number of pyridine rings is 1. The molecule has 0 aliphatic rings. The second-order valence-corrected chi connectivity index (χ2v) is 4.81. The maximum atomic E-state index is 9.56. The molecule has 90 valence electrons. The Labute approximate surface area is 108 Å². The van der Waals surface area contributed by atoms with Crippen LogP contribution in [0, 0.1) is 13.8 Å². The minimum absolute atomic E-state index is 0.503. The summed E-state index contributed by atoms with van der Waals surface area (Å²) in [6.07, 6.45) is 1.18. The van der Waals surface area contributed by atoms with Crippen LogP contribution in [0.15, 0.2) is 22.8 Å². The minimum atomic E-state index is -0.503. The third-order valence-corrected chi connectivity index (χ3v) is 3.82. The largest absolute Gasteiger partial charge is 0.389 e. The zero-order valence-corrected chi connectivity index (χ0v) is 11.6. The van der Waals surface area contributed by atoms with Crippen molar-refractivity contribution in [3.05, 3.63) is 39.8 Å². The molecule has 4 nitrogen and oxygen atoms in total. The van der Waals surface area contributed by atoms with Crippen molar-refractivity contribution in [1.29, 1.82) is 0 Å². The third-order valence-electron chi connectivity index (χ3n) is 2.67. The first kappa shape index (κ1) is 12.3. The SMILES string of the molecule is Cc1nn(-c2cc(C(C)O)ccn2)c(C)c1Br. The standard InChI is InChI=1S/C12H14BrN3O/c1-7-12(13)8(2)16(15-7)11-6-10(9(3)17)4-5-14-11/h4-6,9,17H,1-3H3. The number of aliphatic hydroxyl groups is 1. The Balaban J connectivity index is 2.53. The second kappa shape index (κ2) is 4.58. The van der Waals surface area contributed by atoms with Crippen molar-refractivity contribution in [3.63, 3.8) is 0 Å². The highest BCUT2D eigenvalue weighted by Crippen LogP contribution is 2.23. The highest BCUT2D eigenvalue weighted by atomic mass is 79.9. The van der Waals surface area contributed by atoms with Gasteiger partial charge in [0.2, 0.25) is 0 Å². The predicted octanol–water partition coefficient (Wildman–Crippen LogP) is 2.70. The lowest BCUT2D eigenvalue weighted by molar-refractivity contribution is 0.199. The van der Waals surface area contributed by atoms with Crippen LogP contribution < -0.4 is 0 Å². The summed E-state index contributed by atoms with van der Waals surface area (Å²) in [7, 11) is 0. The molecule has 2 heterocycles. The Kier molecular flexibility index (Phi) is 3.31. The van der Waals surface area contributed by atoms with Gasteiger partial charge in [0.05, 0.1) is 22.0 Å². The van der Waals surface area contributed by atoms with Gasteiger partial charge >= 0.3 is 0 Å². The van der Waals surface area contributed by atoms with Crippen molar-refractivity contribution in [2.45, 2.75) is 26.9 Å². The molecule has 0 amide bonds. The first-order valence-electron chi connectivity index (χ1n) is 5.37. The van der Waals surface area contributed by atoms with Crippen molar-refractivity contribution < 1.29 is 5.11 Å². The quantitative estimate of drug-likeness (QED) is 0.927. The van der Waals surface area contributed by atoms with Crippen LogP contribution in [0.1, 0.15) is 30.0 Å². The first-order chi connectivity index (χ1) is 8.00. The molecule has 1 atom stereocenters. The molecule has 0 saturated heterocycles. The molecule has 0 aliphatic carbocycles. The molecule has 17 heavy (non-hydrogen) atoms. The number of nitrogens with zero attached hydrogens (tertiary/aromatic N) is 3. The number of hydrogen-bond acceptors (Lipinski definition) is 3. The van der Waals surface area contributed by atoms with E-state index in [2.05, 4.69) is 26.0 Å². The summed E-state index contributed by atoms with van der Waals surface area (Å²) in [4.78, 5) is 4.28. The van der Waals surface area contributed by atoms with Gasteiger partial charge in [0.15, 0.2) is 5.82 Å². The summed E-state index contributed by atoms with van der Waals surface area (Å²) in [5.41, 5.74) is 2.75. The average Bonchev–Trinajstić information content (AvgIpc) is 2.57. The van der Waals surface area contributed by atoms with E-state index in [1.54, 1.807) is 23.9 Å². The molecule has 0 spiro atoms. The van der Waals surface area contributed by atoms with Crippen molar-refractivity contribution >= 4 is 15.9 Å². The maximum absolute atomic E-state index is 9.56. The molecule has 2 aromatic heterocycles. The number of hydrogen-bond donors (Lipinski definition) is 1. The molecule has 5 heteroatoms. The lowest BCUT2D eigenvalue weighted by Crippen LogP contribution is -2.03. The van der Waals surface area contributed by atoms with Gasteiger partial charge in [0, 0.05) is 6.20 Å². The summed E-state index contributed by atoms with van der Waals surface area (Å²) in [5.74, 6) is 0.717. The van der Waals surface area contributed by atoms with E-state index in [4.69, 9.17) is 0 Å². The summed E-state index contributed by atoms with van der Waals surface area (Å²) < 4.78 is 2.76. The molecular formula is C12H14BrN3O. The van der Waals surface area contributed by atoms with Gasteiger partial charge in [0.1, 0.15) is 0 Å². The van der Waals surface area contributed by atoms with E-state index in [1.807, 2.05) is 19.9 Å². The second-order valence-electron chi connectivity index (χ2n) is 4.02. The predicted molar refractivity (Wildman–Crippen MR) is 69.2 cm³/mol. The van der Waals surface area contributed by atoms with Crippen LogP contribution in [0.3, 0.4) is 0 Å². The van der Waals surface area contributed by atoms with E-state index >= 15 is 0 Å². The van der Waals surface area contributed by atoms with Gasteiger partial charge in [-0.3, -0.25) is 0 Å². The molecule has 0 bridgehead atoms. The van der Waals surface area contributed by atoms with Crippen molar-refractivity contribution in [3.8, 4) is 5.82 Å². The molecule has 0 fully saturated rings. The Bertz CT molecular complexity index is 549. The fourth-order valence-corrected chi connectivity index (χ4v) is 1.90. The molecule has 0 aliphatic heterocycles. The van der Waals surface area contributed by atoms with Crippen molar-refractivity contribution in [1.82, 2.24) is 14.8 Å². The lowest BCUT2D eigenvalue weighted by atomic mass is 10.2. The first-order valence-corrected chi connectivity index (χ1v) is 6.16. The molecule has 1 N–H and O–H groups in total. The summed E-state index contributed by atoms with van der Waals surface area (Å²) in [5, 5.41) is 14.0. The summed E-state index contributed by atoms with van der Waals surface area (Å²) in [6, 6.07) is 3.64. The average molecular weight is 296 g/mol. The number of aliphatic hydroxyl groups excluding tert-OH is 1. The lowest BCUT2D eigenvalue weighted by Gasteiger charge is -2.07. The minimum Gasteiger partial charge on any atom is -0.389 e. The fourth-order valence-electron chi connectivity index (χ4n) is 1.66. The molecule has 0 aromatic carbocycles. The Morgan fingerprint density at radius 1 is 1.41 bits per heavy atom. The van der Waals surface area contributed by atoms with E-state index in [0.717, 1.165) is 27.2 Å². The van der Waals surface area contributed by atoms with E-state index in [0.29, 0.717) is 0 Å². The zero-order chi connectivity index (χ0) is 12.6. The fraction of sp³-hybridized carbons (Fsp3) is 0.333. The van der Waals surface area contributed by atoms with E-state index < -0.39 is 6.10 Å². The van der Waals surface area contributed by atoms with E-state index in [-0.39, 0.29) is 0 Å². The summed E-state index contributed by atoms with van der Waals surface area (Å²) >= 11 is 3.48. The molecule has 2 aromatic rings. The third kappa shape index (κ3) is 2.25. The monoisotopic (exact) mass is 295 g/mol. The van der Waals surface area contributed by atoms with Crippen LogP contribution in [0.5, 0.6) is 0 Å². The molecule has 0 radical (unpaired) electrons. The molecule has 1 unspecified atom stereocenters. The van der Waals surface area contributed by atoms with Crippen LogP contribution in [-0.2, 0) is 0 Å². The molecule has 0 saturated carbocycles. The van der Waals surface area contributed by atoms with Gasteiger partial charge < -0.3 is 5.11 Å². The molecular weight excluding hydrogens is 282 g/mol. The van der Waals surface area contributed by atoms with Crippen LogP contribution in [0.4, 0.5) is 0 Å². The van der Waals surface area contributed by atoms with Gasteiger partial charge in [-0.1, -0.05) is 0 Å². The van der Waals surface area contributed by atoms with E-state index in [1.165, 1.54) is 0 Å². The van der Waals surface area contributed by atoms with Gasteiger partial charge in [-0.05, 0) is 54.4 Å². The smallest absolute Gasteiger partial charge is 0.153 e. The number of aryl methyl sites for hydroxylation is 1. The van der Waals surface area contributed by atoms with Gasteiger partial charge in [-0.25, -0.2) is 9.67 Å². The highest BCUT2D eigenvalue weighted by molar-refractivity contribution is 9.10. The van der Waals surface area contributed by atoms with Crippen molar-refractivity contribution in [2.75, 3.05) is 0 Å². The van der Waals surface area contributed by atoms with Gasteiger partial charge in [-0.15, -0.1) is 0 Å².